The van der Waals surface area contributed by atoms with E-state index in [9.17, 15) is 0 Å². The summed E-state index contributed by atoms with van der Waals surface area (Å²) in [6.07, 6.45) is 0. The third-order valence-electron chi connectivity index (χ3n) is 0.584. The highest BCUT2D eigenvalue weighted by Crippen LogP contribution is 2.64. The molecular weight excluding hydrogens is 138 g/mol. The molecule has 0 bridgehead atoms. The van der Waals surface area contributed by atoms with E-state index < -0.39 is 7.30 Å². The standard InChI is InChI=1S/C2H5ClO3P/c3-7(4)5-1-2-6-7/h4H,1-2H2/q+1. The molecule has 1 heterocycles. The molecule has 5 heteroatoms. The molecule has 1 rings (SSSR count). The molecule has 3 nitrogen and oxygen atoms in total. The summed E-state index contributed by atoms with van der Waals surface area (Å²) in [7, 11) is -2.82. The van der Waals surface area contributed by atoms with Crippen LogP contribution >= 0.6 is 18.5 Å². The number of hydrogen-bond donors (Lipinski definition) is 1. The van der Waals surface area contributed by atoms with Gasteiger partial charge in [-0.2, -0.15) is 13.9 Å². The SMILES string of the molecule is O[P+]1(Cl)OCCO1. The maximum absolute atomic E-state index is 8.63. The first-order valence-corrected chi connectivity index (χ1v) is 4.29. The Kier molecular flexibility index (Phi) is 1.51. The molecule has 0 saturated carbocycles. The first-order valence-electron chi connectivity index (χ1n) is 1.81. The monoisotopic (exact) mass is 143 g/mol. The van der Waals surface area contributed by atoms with Gasteiger partial charge in [-0.15, -0.1) is 0 Å². The molecule has 42 valence electrons. The van der Waals surface area contributed by atoms with E-state index in [2.05, 4.69) is 9.05 Å². The second-order valence-corrected chi connectivity index (χ2v) is 3.82. The quantitative estimate of drug-likeness (QED) is 0.513. The number of halogens is 1. The van der Waals surface area contributed by atoms with Crippen LogP contribution in [0.25, 0.3) is 0 Å². The van der Waals surface area contributed by atoms with Crippen molar-refractivity contribution in [2.45, 2.75) is 0 Å². The fourth-order valence-corrected chi connectivity index (χ4v) is 1.43. The van der Waals surface area contributed by atoms with Gasteiger partial charge in [-0.05, 0) is 0 Å². The van der Waals surface area contributed by atoms with Crippen molar-refractivity contribution in [2.75, 3.05) is 13.2 Å². The zero-order valence-electron chi connectivity index (χ0n) is 3.50. The molecule has 1 fully saturated rings. The molecule has 1 aliphatic heterocycles. The summed E-state index contributed by atoms with van der Waals surface area (Å²) in [6, 6.07) is 0. The van der Waals surface area contributed by atoms with Gasteiger partial charge in [0.2, 0.25) is 0 Å². The number of rotatable bonds is 0. The summed E-state index contributed by atoms with van der Waals surface area (Å²) < 4.78 is 9.10. The number of hydrogen-bond acceptors (Lipinski definition) is 3. The molecule has 7 heavy (non-hydrogen) atoms. The third kappa shape index (κ3) is 1.52. The van der Waals surface area contributed by atoms with Crippen molar-refractivity contribution in [3.63, 3.8) is 0 Å². The third-order valence-corrected chi connectivity index (χ3v) is 2.17. The van der Waals surface area contributed by atoms with E-state index in [1.807, 2.05) is 0 Å². The van der Waals surface area contributed by atoms with Gasteiger partial charge in [0.1, 0.15) is 13.2 Å². The molecule has 0 atom stereocenters. The normalized spacial score (nSPS) is 28.3. The van der Waals surface area contributed by atoms with Crippen molar-refractivity contribution in [3.8, 4) is 0 Å². The van der Waals surface area contributed by atoms with E-state index in [0.29, 0.717) is 13.2 Å². The van der Waals surface area contributed by atoms with Crippen molar-refractivity contribution in [3.05, 3.63) is 0 Å². The Morgan fingerprint density at radius 2 is 1.86 bits per heavy atom. The summed E-state index contributed by atoms with van der Waals surface area (Å²) in [6.45, 7) is 0.821. The highest BCUT2D eigenvalue weighted by atomic mass is 35.7. The van der Waals surface area contributed by atoms with Crippen molar-refractivity contribution >= 4 is 18.5 Å². The van der Waals surface area contributed by atoms with Crippen LogP contribution in [0, 0.1) is 0 Å². The average Bonchev–Trinajstić information content (AvgIpc) is 1.84. The van der Waals surface area contributed by atoms with E-state index in [0.717, 1.165) is 0 Å². The predicted molar refractivity (Wildman–Crippen MR) is 26.9 cm³/mol. The smallest absolute Gasteiger partial charge is 0.178 e. The van der Waals surface area contributed by atoms with Gasteiger partial charge < -0.3 is 0 Å². The largest absolute Gasteiger partial charge is 0.521 e. The Hall–Kier alpha value is 0.600. The molecular formula is C2H5ClO3P+. The molecule has 0 radical (unpaired) electrons. The Morgan fingerprint density at radius 3 is 2.00 bits per heavy atom. The predicted octanol–water partition coefficient (Wildman–Crippen LogP) is 0.942. The molecule has 0 unspecified atom stereocenters. The van der Waals surface area contributed by atoms with Crippen LogP contribution in [0.5, 0.6) is 0 Å². The zero-order valence-corrected chi connectivity index (χ0v) is 5.15. The summed E-state index contributed by atoms with van der Waals surface area (Å²) in [5, 5.41) is 0. The van der Waals surface area contributed by atoms with E-state index in [-0.39, 0.29) is 0 Å². The Balaban J connectivity index is 2.40. The lowest BCUT2D eigenvalue weighted by molar-refractivity contribution is 0.335. The Bertz CT molecular complexity index is 67.3. The first kappa shape index (κ1) is 5.73. The van der Waals surface area contributed by atoms with Crippen LogP contribution < -0.4 is 0 Å². The zero-order chi connectivity index (χ0) is 5.33. The van der Waals surface area contributed by atoms with Crippen LogP contribution in [0.15, 0.2) is 0 Å². The van der Waals surface area contributed by atoms with Crippen molar-refractivity contribution < 1.29 is 13.9 Å². The summed E-state index contributed by atoms with van der Waals surface area (Å²) in [5.74, 6) is 0. The van der Waals surface area contributed by atoms with Gasteiger partial charge in [-0.25, -0.2) is 0 Å². The van der Waals surface area contributed by atoms with Gasteiger partial charge >= 0.3 is 7.30 Å². The van der Waals surface area contributed by atoms with E-state index in [1.54, 1.807) is 0 Å². The minimum Gasteiger partial charge on any atom is -0.178 e. The lowest BCUT2D eigenvalue weighted by atomic mass is 10.8. The molecule has 0 spiro atoms. The van der Waals surface area contributed by atoms with Crippen LogP contribution in [0.3, 0.4) is 0 Å². The molecule has 0 amide bonds. The van der Waals surface area contributed by atoms with Gasteiger partial charge in [-0.3, -0.25) is 0 Å². The van der Waals surface area contributed by atoms with E-state index in [1.165, 1.54) is 0 Å². The highest BCUT2D eigenvalue weighted by Gasteiger charge is 2.44. The molecule has 0 aliphatic carbocycles. The Morgan fingerprint density at radius 1 is 1.43 bits per heavy atom. The molecule has 0 aromatic heterocycles. The maximum atomic E-state index is 8.63. The van der Waals surface area contributed by atoms with Gasteiger partial charge in [0.15, 0.2) is 11.2 Å². The van der Waals surface area contributed by atoms with Crippen molar-refractivity contribution in [1.29, 1.82) is 0 Å². The second kappa shape index (κ2) is 1.84. The van der Waals surface area contributed by atoms with E-state index >= 15 is 0 Å². The summed E-state index contributed by atoms with van der Waals surface area (Å²) >= 11 is 5.19. The molecule has 1 N–H and O–H groups in total. The summed E-state index contributed by atoms with van der Waals surface area (Å²) in [4.78, 5) is 8.63. The fraction of sp³-hybridized carbons (Fsp3) is 1.00. The minimum atomic E-state index is -2.82. The van der Waals surface area contributed by atoms with Crippen LogP contribution in [0.4, 0.5) is 0 Å². The Labute approximate surface area is 46.6 Å². The van der Waals surface area contributed by atoms with Crippen LogP contribution in [-0.4, -0.2) is 18.1 Å². The molecule has 0 aromatic carbocycles. The average molecular weight is 143 g/mol. The van der Waals surface area contributed by atoms with Gasteiger partial charge in [0.25, 0.3) is 0 Å². The molecule has 1 saturated heterocycles. The van der Waals surface area contributed by atoms with Gasteiger partial charge in [-0.1, -0.05) is 0 Å². The summed E-state index contributed by atoms with van der Waals surface area (Å²) in [5.41, 5.74) is 0. The lowest BCUT2D eigenvalue weighted by Gasteiger charge is -1.92. The van der Waals surface area contributed by atoms with E-state index in [4.69, 9.17) is 16.1 Å². The lowest BCUT2D eigenvalue weighted by Crippen LogP contribution is -1.79. The topological polar surface area (TPSA) is 38.7 Å². The molecule has 1 aliphatic rings. The maximum Gasteiger partial charge on any atom is 0.521 e. The van der Waals surface area contributed by atoms with Crippen LogP contribution in [-0.2, 0) is 9.05 Å². The van der Waals surface area contributed by atoms with Crippen LogP contribution in [0.1, 0.15) is 0 Å². The van der Waals surface area contributed by atoms with Crippen molar-refractivity contribution in [1.82, 2.24) is 0 Å². The van der Waals surface area contributed by atoms with Crippen molar-refractivity contribution in [2.24, 2.45) is 0 Å². The highest BCUT2D eigenvalue weighted by molar-refractivity contribution is 7.87. The minimum absolute atomic E-state index is 0.410. The second-order valence-electron chi connectivity index (χ2n) is 1.12. The van der Waals surface area contributed by atoms with Gasteiger partial charge in [0, 0.05) is 0 Å². The first-order chi connectivity index (χ1) is 3.21. The van der Waals surface area contributed by atoms with Crippen LogP contribution in [0.2, 0.25) is 0 Å². The van der Waals surface area contributed by atoms with Gasteiger partial charge in [0.05, 0.1) is 0 Å². The fourth-order valence-electron chi connectivity index (χ4n) is 0.337. The molecule has 0 aromatic rings.